The van der Waals surface area contributed by atoms with Crippen molar-refractivity contribution in [2.24, 2.45) is 0 Å². The van der Waals surface area contributed by atoms with E-state index in [1.165, 1.54) is 36.9 Å². The van der Waals surface area contributed by atoms with Gasteiger partial charge in [0, 0.05) is 11.7 Å². The maximum atomic E-state index is 5.19. The lowest BCUT2D eigenvalue weighted by Crippen LogP contribution is -2.15. The summed E-state index contributed by atoms with van der Waals surface area (Å²) in [6.45, 7) is 2.12. The maximum absolute atomic E-state index is 5.19. The number of hydrogen-bond donors (Lipinski definition) is 1. The molecule has 1 aliphatic rings. The van der Waals surface area contributed by atoms with Crippen LogP contribution in [0.3, 0.4) is 0 Å². The molecule has 2 heteroatoms. The van der Waals surface area contributed by atoms with Gasteiger partial charge in [0.05, 0.1) is 7.11 Å². The van der Waals surface area contributed by atoms with Gasteiger partial charge in [0.1, 0.15) is 5.75 Å². The van der Waals surface area contributed by atoms with Crippen molar-refractivity contribution < 1.29 is 4.74 Å². The first-order valence-corrected chi connectivity index (χ1v) is 5.71. The Balaban J connectivity index is 2.07. The summed E-state index contributed by atoms with van der Waals surface area (Å²) in [5, 5.41) is 3.60. The number of methoxy groups -OCH3 is 1. The van der Waals surface area contributed by atoms with Crippen molar-refractivity contribution in [3.63, 3.8) is 0 Å². The van der Waals surface area contributed by atoms with Crippen LogP contribution in [0.2, 0.25) is 0 Å². The SMILES string of the molecule is COc1ccc(NC2CCCC2)c(C)c1. The van der Waals surface area contributed by atoms with E-state index in [4.69, 9.17) is 4.74 Å². The number of ether oxygens (including phenoxy) is 1. The van der Waals surface area contributed by atoms with Gasteiger partial charge in [-0.1, -0.05) is 12.8 Å². The highest BCUT2D eigenvalue weighted by molar-refractivity contribution is 5.54. The van der Waals surface area contributed by atoms with Crippen molar-refractivity contribution >= 4 is 5.69 Å². The molecule has 0 heterocycles. The minimum Gasteiger partial charge on any atom is -0.497 e. The summed E-state index contributed by atoms with van der Waals surface area (Å²) in [7, 11) is 1.71. The average molecular weight is 205 g/mol. The van der Waals surface area contributed by atoms with Gasteiger partial charge in [0.25, 0.3) is 0 Å². The standard InChI is InChI=1S/C13H19NO/c1-10-9-12(15-2)7-8-13(10)14-11-5-3-4-6-11/h7-9,11,14H,3-6H2,1-2H3. The maximum Gasteiger partial charge on any atom is 0.119 e. The van der Waals surface area contributed by atoms with E-state index in [2.05, 4.69) is 24.4 Å². The van der Waals surface area contributed by atoms with Gasteiger partial charge in [-0.3, -0.25) is 0 Å². The Morgan fingerprint density at radius 3 is 2.60 bits per heavy atom. The molecule has 0 bridgehead atoms. The lowest BCUT2D eigenvalue weighted by atomic mass is 10.1. The Kier molecular flexibility index (Phi) is 3.14. The Hall–Kier alpha value is -1.18. The molecule has 1 aromatic carbocycles. The van der Waals surface area contributed by atoms with Crippen LogP contribution in [0.25, 0.3) is 0 Å². The molecule has 1 aliphatic carbocycles. The Bertz CT molecular complexity index is 329. The Labute approximate surface area is 91.6 Å². The lowest BCUT2D eigenvalue weighted by Gasteiger charge is -2.16. The van der Waals surface area contributed by atoms with E-state index in [9.17, 15) is 0 Å². The van der Waals surface area contributed by atoms with Crippen molar-refractivity contribution in [3.05, 3.63) is 23.8 Å². The van der Waals surface area contributed by atoms with Gasteiger partial charge in [0.2, 0.25) is 0 Å². The van der Waals surface area contributed by atoms with E-state index in [1.54, 1.807) is 7.11 Å². The summed E-state index contributed by atoms with van der Waals surface area (Å²) in [6.07, 6.45) is 5.36. The highest BCUT2D eigenvalue weighted by atomic mass is 16.5. The van der Waals surface area contributed by atoms with Crippen LogP contribution >= 0.6 is 0 Å². The van der Waals surface area contributed by atoms with Gasteiger partial charge in [-0.15, -0.1) is 0 Å². The first kappa shape index (κ1) is 10.3. The zero-order valence-electron chi connectivity index (χ0n) is 9.55. The van der Waals surface area contributed by atoms with Crippen molar-refractivity contribution in [1.29, 1.82) is 0 Å². The summed E-state index contributed by atoms with van der Waals surface area (Å²) in [4.78, 5) is 0. The molecule has 0 aliphatic heterocycles. The summed E-state index contributed by atoms with van der Waals surface area (Å²) >= 11 is 0. The topological polar surface area (TPSA) is 21.3 Å². The number of anilines is 1. The second-order valence-electron chi connectivity index (χ2n) is 4.31. The van der Waals surface area contributed by atoms with Gasteiger partial charge >= 0.3 is 0 Å². The fraction of sp³-hybridized carbons (Fsp3) is 0.538. The van der Waals surface area contributed by atoms with Crippen molar-refractivity contribution in [1.82, 2.24) is 0 Å². The quantitative estimate of drug-likeness (QED) is 0.817. The van der Waals surface area contributed by atoms with Crippen molar-refractivity contribution in [2.45, 2.75) is 38.6 Å². The number of benzene rings is 1. The van der Waals surface area contributed by atoms with E-state index >= 15 is 0 Å². The third-order valence-corrected chi connectivity index (χ3v) is 3.15. The molecule has 0 unspecified atom stereocenters. The normalized spacial score (nSPS) is 16.7. The summed E-state index contributed by atoms with van der Waals surface area (Å²) < 4.78 is 5.19. The molecule has 15 heavy (non-hydrogen) atoms. The summed E-state index contributed by atoms with van der Waals surface area (Å²) in [6, 6.07) is 6.89. The zero-order chi connectivity index (χ0) is 10.7. The number of hydrogen-bond acceptors (Lipinski definition) is 2. The molecule has 0 amide bonds. The summed E-state index contributed by atoms with van der Waals surface area (Å²) in [5.74, 6) is 0.935. The van der Waals surface area contributed by atoms with Crippen LogP contribution in [-0.4, -0.2) is 13.2 Å². The van der Waals surface area contributed by atoms with Gasteiger partial charge < -0.3 is 10.1 Å². The molecular weight excluding hydrogens is 186 g/mol. The largest absolute Gasteiger partial charge is 0.497 e. The number of nitrogens with one attached hydrogen (secondary N) is 1. The first-order chi connectivity index (χ1) is 7.29. The van der Waals surface area contributed by atoms with Gasteiger partial charge in [-0.25, -0.2) is 0 Å². The molecule has 1 aromatic rings. The Morgan fingerprint density at radius 1 is 1.27 bits per heavy atom. The lowest BCUT2D eigenvalue weighted by molar-refractivity contribution is 0.414. The van der Waals surface area contributed by atoms with Gasteiger partial charge in [-0.2, -0.15) is 0 Å². The molecular formula is C13H19NO. The minimum atomic E-state index is 0.678. The molecule has 1 saturated carbocycles. The van der Waals surface area contributed by atoms with Gasteiger partial charge in [-0.05, 0) is 43.5 Å². The minimum absolute atomic E-state index is 0.678. The van der Waals surface area contributed by atoms with Crippen molar-refractivity contribution in [3.8, 4) is 5.75 Å². The molecule has 0 atom stereocenters. The van der Waals surface area contributed by atoms with Crippen LogP contribution in [0.1, 0.15) is 31.2 Å². The predicted molar refractivity (Wildman–Crippen MR) is 63.6 cm³/mol. The molecule has 2 nitrogen and oxygen atoms in total. The predicted octanol–water partition coefficient (Wildman–Crippen LogP) is 3.36. The molecule has 0 radical (unpaired) electrons. The third-order valence-electron chi connectivity index (χ3n) is 3.15. The van der Waals surface area contributed by atoms with E-state index < -0.39 is 0 Å². The first-order valence-electron chi connectivity index (χ1n) is 5.71. The molecule has 0 spiro atoms. The number of rotatable bonds is 3. The molecule has 1 fully saturated rings. The second kappa shape index (κ2) is 4.56. The smallest absolute Gasteiger partial charge is 0.119 e. The van der Waals surface area contributed by atoms with E-state index in [1.807, 2.05) is 6.07 Å². The summed E-state index contributed by atoms with van der Waals surface area (Å²) in [5.41, 5.74) is 2.52. The van der Waals surface area contributed by atoms with E-state index in [0.29, 0.717) is 6.04 Å². The Morgan fingerprint density at radius 2 is 2.00 bits per heavy atom. The fourth-order valence-electron chi connectivity index (χ4n) is 2.22. The molecule has 0 aromatic heterocycles. The third kappa shape index (κ3) is 2.44. The monoisotopic (exact) mass is 205 g/mol. The van der Waals surface area contributed by atoms with E-state index in [0.717, 1.165) is 5.75 Å². The van der Waals surface area contributed by atoms with Gasteiger partial charge in [0.15, 0.2) is 0 Å². The van der Waals surface area contributed by atoms with Crippen LogP contribution in [0, 0.1) is 6.92 Å². The molecule has 0 saturated heterocycles. The average Bonchev–Trinajstić information content (AvgIpc) is 2.74. The highest BCUT2D eigenvalue weighted by Crippen LogP contribution is 2.26. The molecule has 82 valence electrons. The highest BCUT2D eigenvalue weighted by Gasteiger charge is 2.15. The van der Waals surface area contributed by atoms with Crippen LogP contribution < -0.4 is 10.1 Å². The van der Waals surface area contributed by atoms with Crippen LogP contribution in [0.4, 0.5) is 5.69 Å². The number of aryl methyl sites for hydroxylation is 1. The van der Waals surface area contributed by atoms with Crippen LogP contribution in [-0.2, 0) is 0 Å². The molecule has 2 rings (SSSR count). The molecule has 1 N–H and O–H groups in total. The fourth-order valence-corrected chi connectivity index (χ4v) is 2.22. The van der Waals surface area contributed by atoms with Crippen LogP contribution in [0.5, 0.6) is 5.75 Å². The second-order valence-corrected chi connectivity index (χ2v) is 4.31. The van der Waals surface area contributed by atoms with E-state index in [-0.39, 0.29) is 0 Å². The van der Waals surface area contributed by atoms with Crippen LogP contribution in [0.15, 0.2) is 18.2 Å². The van der Waals surface area contributed by atoms with Crippen molar-refractivity contribution in [2.75, 3.05) is 12.4 Å². The zero-order valence-corrected chi connectivity index (χ0v) is 9.55.